The minimum atomic E-state index is 0.206. The molecule has 1 heterocycles. The molecule has 2 atom stereocenters. The average molecular weight is 217 g/mol. The van der Waals surface area contributed by atoms with Gasteiger partial charge in [0.05, 0.1) is 7.11 Å². The molecule has 1 saturated carbocycles. The number of pyridine rings is 1. The van der Waals surface area contributed by atoms with E-state index >= 15 is 0 Å². The number of aromatic nitrogens is 1. The van der Waals surface area contributed by atoms with Crippen molar-refractivity contribution >= 4 is 5.78 Å². The fourth-order valence-electron chi connectivity index (χ4n) is 2.93. The van der Waals surface area contributed by atoms with Crippen molar-refractivity contribution in [3.05, 3.63) is 23.4 Å². The fourth-order valence-corrected chi connectivity index (χ4v) is 2.93. The maximum atomic E-state index is 11.8. The average Bonchev–Trinajstić information content (AvgIpc) is 2.55. The quantitative estimate of drug-likeness (QED) is 0.723. The number of rotatable bonds is 1. The van der Waals surface area contributed by atoms with Crippen LogP contribution in [0.5, 0.6) is 5.88 Å². The first-order valence-corrected chi connectivity index (χ1v) is 5.84. The summed E-state index contributed by atoms with van der Waals surface area (Å²) in [5.74, 6) is 1.69. The van der Waals surface area contributed by atoms with Crippen molar-refractivity contribution < 1.29 is 9.53 Å². The Morgan fingerprint density at radius 2 is 2.06 bits per heavy atom. The molecular weight excluding hydrogens is 202 g/mol. The molecule has 1 aromatic rings. The topological polar surface area (TPSA) is 39.2 Å². The Morgan fingerprint density at radius 3 is 2.81 bits per heavy atom. The Kier molecular flexibility index (Phi) is 2.20. The summed E-state index contributed by atoms with van der Waals surface area (Å²) in [6, 6.07) is 3.99. The van der Waals surface area contributed by atoms with E-state index in [4.69, 9.17) is 4.74 Å². The Morgan fingerprint density at radius 1 is 1.25 bits per heavy atom. The first-order chi connectivity index (χ1) is 7.78. The smallest absolute Gasteiger partial charge is 0.213 e. The van der Waals surface area contributed by atoms with Gasteiger partial charge < -0.3 is 4.74 Å². The van der Waals surface area contributed by atoms with Crippen LogP contribution in [0.2, 0.25) is 0 Å². The van der Waals surface area contributed by atoms with E-state index < -0.39 is 0 Å². The second-order valence-corrected chi connectivity index (χ2v) is 4.74. The highest BCUT2D eigenvalue weighted by molar-refractivity contribution is 5.83. The Balaban J connectivity index is 2.07. The van der Waals surface area contributed by atoms with Crippen LogP contribution in [0.15, 0.2) is 12.1 Å². The van der Waals surface area contributed by atoms with E-state index in [1.165, 1.54) is 5.56 Å². The van der Waals surface area contributed by atoms with Gasteiger partial charge in [-0.3, -0.25) is 4.79 Å². The lowest BCUT2D eigenvalue weighted by Crippen LogP contribution is -2.21. The molecule has 1 aromatic heterocycles. The summed E-state index contributed by atoms with van der Waals surface area (Å²) in [6.07, 6.45) is 3.69. The highest BCUT2D eigenvalue weighted by atomic mass is 16.5. The second-order valence-electron chi connectivity index (χ2n) is 4.74. The van der Waals surface area contributed by atoms with Gasteiger partial charge in [0.25, 0.3) is 0 Å². The molecule has 0 aromatic carbocycles. The van der Waals surface area contributed by atoms with Crippen molar-refractivity contribution in [2.24, 2.45) is 5.92 Å². The monoisotopic (exact) mass is 217 g/mol. The largest absolute Gasteiger partial charge is 0.481 e. The number of hydrogen-bond donors (Lipinski definition) is 0. The van der Waals surface area contributed by atoms with Crippen molar-refractivity contribution in [1.29, 1.82) is 0 Å². The predicted octanol–water partition coefficient (Wildman–Crippen LogP) is 2.10. The molecule has 0 saturated heterocycles. The van der Waals surface area contributed by atoms with Gasteiger partial charge in [-0.2, -0.15) is 0 Å². The van der Waals surface area contributed by atoms with E-state index in [1.807, 2.05) is 6.07 Å². The number of hydrogen-bond acceptors (Lipinski definition) is 3. The predicted molar refractivity (Wildman–Crippen MR) is 59.6 cm³/mol. The summed E-state index contributed by atoms with van der Waals surface area (Å²) in [7, 11) is 1.63. The number of methoxy groups -OCH3 is 1. The first kappa shape index (κ1) is 9.82. The van der Waals surface area contributed by atoms with Crippen LogP contribution in [0.25, 0.3) is 0 Å². The molecule has 1 fully saturated rings. The van der Waals surface area contributed by atoms with Crippen molar-refractivity contribution in [2.75, 3.05) is 7.11 Å². The van der Waals surface area contributed by atoms with Crippen LogP contribution >= 0.6 is 0 Å². The number of fused-ring (bicyclic) bond motifs is 2. The third-order valence-electron chi connectivity index (χ3n) is 3.84. The zero-order chi connectivity index (χ0) is 11.1. The second kappa shape index (κ2) is 3.58. The van der Waals surface area contributed by atoms with Gasteiger partial charge in [-0.15, -0.1) is 0 Å². The van der Waals surface area contributed by atoms with Crippen LogP contribution in [0.3, 0.4) is 0 Å². The number of Topliss-reactive ketones (excluding diaryl/α,β-unsaturated/α-hetero) is 1. The fraction of sp³-hybridized carbons (Fsp3) is 0.538. The van der Waals surface area contributed by atoms with Gasteiger partial charge in [0, 0.05) is 24.1 Å². The maximum absolute atomic E-state index is 11.8. The van der Waals surface area contributed by atoms with Gasteiger partial charge >= 0.3 is 0 Å². The van der Waals surface area contributed by atoms with Crippen LogP contribution in [-0.4, -0.2) is 17.9 Å². The number of ketones is 1. The van der Waals surface area contributed by atoms with Crippen LogP contribution in [0.4, 0.5) is 0 Å². The first-order valence-electron chi connectivity index (χ1n) is 5.84. The third-order valence-corrected chi connectivity index (χ3v) is 3.84. The molecule has 3 aliphatic rings. The van der Waals surface area contributed by atoms with Crippen LogP contribution < -0.4 is 4.74 Å². The van der Waals surface area contributed by atoms with E-state index in [9.17, 15) is 4.79 Å². The minimum absolute atomic E-state index is 0.206. The number of carbonyl (C=O) groups excluding carboxylic acids is 1. The molecule has 0 aliphatic heterocycles. The summed E-state index contributed by atoms with van der Waals surface area (Å²) in [4.78, 5) is 16.3. The molecular formula is C13H15NO2. The Labute approximate surface area is 94.8 Å². The molecule has 0 unspecified atom stereocenters. The molecule has 0 radical (unpaired) electrons. The van der Waals surface area contributed by atoms with Crippen LogP contribution in [0.1, 0.15) is 36.4 Å². The van der Waals surface area contributed by atoms with Gasteiger partial charge in [-0.25, -0.2) is 4.98 Å². The molecule has 0 amide bonds. The Bertz CT molecular complexity index is 442. The number of ether oxygens (including phenoxy) is 1. The third kappa shape index (κ3) is 1.42. The van der Waals surface area contributed by atoms with Crippen LogP contribution in [0, 0.1) is 5.92 Å². The zero-order valence-electron chi connectivity index (χ0n) is 9.40. The maximum Gasteiger partial charge on any atom is 0.213 e. The zero-order valence-corrected chi connectivity index (χ0v) is 9.40. The molecule has 4 rings (SSSR count). The van der Waals surface area contributed by atoms with E-state index in [0.717, 1.165) is 25.0 Å². The molecule has 0 N–H and O–H groups in total. The van der Waals surface area contributed by atoms with E-state index in [2.05, 4.69) is 11.1 Å². The lowest BCUT2D eigenvalue weighted by atomic mass is 9.81. The van der Waals surface area contributed by atoms with Crippen molar-refractivity contribution in [3.8, 4) is 5.88 Å². The van der Waals surface area contributed by atoms with Gasteiger partial charge in [0.1, 0.15) is 5.78 Å². The summed E-state index contributed by atoms with van der Waals surface area (Å²) in [5, 5.41) is 0. The highest BCUT2D eigenvalue weighted by Crippen LogP contribution is 2.41. The van der Waals surface area contributed by atoms with Gasteiger partial charge in [-0.1, -0.05) is 6.07 Å². The van der Waals surface area contributed by atoms with E-state index in [1.54, 1.807) is 7.11 Å². The molecule has 3 nitrogen and oxygen atoms in total. The van der Waals surface area contributed by atoms with Gasteiger partial charge in [0.2, 0.25) is 5.88 Å². The summed E-state index contributed by atoms with van der Waals surface area (Å²) >= 11 is 0. The molecule has 3 heteroatoms. The molecule has 3 aliphatic carbocycles. The number of carbonyl (C=O) groups is 1. The van der Waals surface area contributed by atoms with Crippen molar-refractivity contribution in [3.63, 3.8) is 0 Å². The minimum Gasteiger partial charge on any atom is -0.481 e. The summed E-state index contributed by atoms with van der Waals surface area (Å²) in [5.41, 5.74) is 2.35. The molecule has 84 valence electrons. The highest BCUT2D eigenvalue weighted by Gasteiger charge is 2.35. The molecule has 0 spiro atoms. The van der Waals surface area contributed by atoms with Crippen molar-refractivity contribution in [1.82, 2.24) is 4.98 Å². The molecule has 2 bridgehead atoms. The van der Waals surface area contributed by atoms with Gasteiger partial charge in [0.15, 0.2) is 0 Å². The van der Waals surface area contributed by atoms with Crippen molar-refractivity contribution in [2.45, 2.75) is 31.6 Å². The normalized spacial score (nSPS) is 27.4. The summed E-state index contributed by atoms with van der Waals surface area (Å²) in [6.45, 7) is 0. The Hall–Kier alpha value is -1.38. The standard InChI is InChI=1S/C13H15NO2/c1-16-13-5-4-10-8-2-3-9(12(15)7-8)6-11(10)14-13/h4-5,8-9H,2-3,6-7H2,1H3/t8-,9-/m0/s1. The number of nitrogens with zero attached hydrogens (tertiary/aromatic N) is 1. The van der Waals surface area contributed by atoms with E-state index in [0.29, 0.717) is 24.0 Å². The van der Waals surface area contributed by atoms with Crippen LogP contribution in [-0.2, 0) is 11.2 Å². The lowest BCUT2D eigenvalue weighted by molar-refractivity contribution is -0.124. The van der Waals surface area contributed by atoms with Gasteiger partial charge in [-0.05, 0) is 30.7 Å². The SMILES string of the molecule is COc1ccc2c(n1)C[C@@H]1CC[C@H]2CC1=O. The van der Waals surface area contributed by atoms with E-state index in [-0.39, 0.29) is 5.92 Å². The summed E-state index contributed by atoms with van der Waals surface area (Å²) < 4.78 is 5.14. The lowest BCUT2D eigenvalue weighted by Gasteiger charge is -2.21. The molecule has 16 heavy (non-hydrogen) atoms.